The van der Waals surface area contributed by atoms with Crippen LogP contribution >= 0.6 is 7.37 Å². The van der Waals surface area contributed by atoms with Crippen LogP contribution in [0.15, 0.2) is 30.3 Å². The van der Waals surface area contributed by atoms with Crippen LogP contribution in [0.4, 0.5) is 0 Å². The maximum Gasteiger partial charge on any atom is 0.251 e. The third-order valence-corrected chi connectivity index (χ3v) is 6.68. The summed E-state index contributed by atoms with van der Waals surface area (Å²) in [6.45, 7) is 5.31. The van der Waals surface area contributed by atoms with E-state index in [-0.39, 0.29) is 0 Å². The van der Waals surface area contributed by atoms with Gasteiger partial charge in [-0.3, -0.25) is 4.57 Å². The Morgan fingerprint density at radius 1 is 1.41 bits per heavy atom. The first-order valence-electron chi connectivity index (χ1n) is 6.18. The van der Waals surface area contributed by atoms with E-state index in [1.54, 1.807) is 0 Å². The van der Waals surface area contributed by atoms with Crippen LogP contribution in [0, 0.1) is 0 Å². The first kappa shape index (κ1) is 12.8. The van der Waals surface area contributed by atoms with Crippen molar-refractivity contribution < 1.29 is 9.09 Å². The highest BCUT2D eigenvalue weighted by Crippen LogP contribution is 2.59. The van der Waals surface area contributed by atoms with Crippen molar-refractivity contribution in [2.75, 3.05) is 13.2 Å². The molecule has 1 saturated heterocycles. The van der Waals surface area contributed by atoms with E-state index in [9.17, 15) is 4.57 Å². The number of hydrogen-bond donors (Lipinski definition) is 1. The van der Waals surface area contributed by atoms with Crippen molar-refractivity contribution in [2.24, 2.45) is 0 Å². The molecule has 1 aliphatic heterocycles. The van der Waals surface area contributed by atoms with Crippen LogP contribution in [0.1, 0.15) is 26.7 Å². The third kappa shape index (κ3) is 2.20. The summed E-state index contributed by atoms with van der Waals surface area (Å²) in [6.07, 6.45) is 1.96. The summed E-state index contributed by atoms with van der Waals surface area (Å²) in [5.74, 6) is 0. The lowest BCUT2D eigenvalue weighted by Crippen LogP contribution is -2.40. The zero-order chi connectivity index (χ0) is 12.4. The molecule has 0 aliphatic carbocycles. The molecule has 0 saturated carbocycles. The van der Waals surface area contributed by atoms with Crippen LogP contribution in [0.5, 0.6) is 0 Å². The zero-order valence-electron chi connectivity index (χ0n) is 10.5. The molecule has 1 aliphatic rings. The van der Waals surface area contributed by atoms with E-state index in [0.29, 0.717) is 6.61 Å². The van der Waals surface area contributed by atoms with E-state index in [1.807, 2.05) is 44.2 Å². The fourth-order valence-corrected chi connectivity index (χ4v) is 5.14. The van der Waals surface area contributed by atoms with E-state index in [1.165, 1.54) is 0 Å². The molecule has 0 spiro atoms. The molecule has 2 atom stereocenters. The van der Waals surface area contributed by atoms with E-state index in [2.05, 4.69) is 5.32 Å². The van der Waals surface area contributed by atoms with Crippen LogP contribution in [0.2, 0.25) is 0 Å². The SMILES string of the molecule is CCOP(=O)(c1ccccc1)C1(C)CCCN1. The molecule has 0 amide bonds. The highest BCUT2D eigenvalue weighted by Gasteiger charge is 2.48. The lowest BCUT2D eigenvalue weighted by molar-refractivity contribution is 0.312. The molecule has 1 fully saturated rings. The fraction of sp³-hybridized carbons (Fsp3) is 0.538. The molecule has 0 bridgehead atoms. The number of rotatable bonds is 4. The van der Waals surface area contributed by atoms with Crippen molar-refractivity contribution in [1.82, 2.24) is 5.32 Å². The summed E-state index contributed by atoms with van der Waals surface area (Å²) in [4.78, 5) is 0. The lowest BCUT2D eigenvalue weighted by atomic mass is 10.2. The number of nitrogens with one attached hydrogen (secondary N) is 1. The van der Waals surface area contributed by atoms with Gasteiger partial charge in [-0.1, -0.05) is 18.2 Å². The Balaban J connectivity index is 2.43. The van der Waals surface area contributed by atoms with E-state index >= 15 is 0 Å². The zero-order valence-corrected chi connectivity index (χ0v) is 11.4. The average Bonchev–Trinajstić information content (AvgIpc) is 2.79. The molecule has 1 N–H and O–H groups in total. The maximum absolute atomic E-state index is 13.3. The molecular formula is C13H20NO2P. The van der Waals surface area contributed by atoms with Crippen LogP contribution in [-0.2, 0) is 9.09 Å². The maximum atomic E-state index is 13.3. The Kier molecular flexibility index (Phi) is 3.72. The summed E-state index contributed by atoms with van der Waals surface area (Å²) in [7, 11) is -2.84. The van der Waals surface area contributed by atoms with Gasteiger partial charge in [-0.2, -0.15) is 0 Å². The third-order valence-electron chi connectivity index (χ3n) is 3.40. The smallest absolute Gasteiger partial charge is 0.251 e. The average molecular weight is 253 g/mol. The topological polar surface area (TPSA) is 38.3 Å². The van der Waals surface area contributed by atoms with Crippen molar-refractivity contribution in [3.05, 3.63) is 30.3 Å². The summed E-state index contributed by atoms with van der Waals surface area (Å²) < 4.78 is 18.9. The van der Waals surface area contributed by atoms with Gasteiger partial charge in [-0.25, -0.2) is 0 Å². The molecule has 1 heterocycles. The monoisotopic (exact) mass is 253 g/mol. The second-order valence-corrected chi connectivity index (χ2v) is 7.47. The van der Waals surface area contributed by atoms with Crippen molar-refractivity contribution >= 4 is 12.7 Å². The van der Waals surface area contributed by atoms with Crippen LogP contribution in [-0.4, -0.2) is 18.4 Å². The Bertz CT molecular complexity index is 413. The van der Waals surface area contributed by atoms with Gasteiger partial charge < -0.3 is 9.84 Å². The number of hydrogen-bond acceptors (Lipinski definition) is 3. The van der Waals surface area contributed by atoms with Gasteiger partial charge in [-0.15, -0.1) is 0 Å². The van der Waals surface area contributed by atoms with Gasteiger partial charge in [-0.05, 0) is 45.4 Å². The summed E-state index contributed by atoms with van der Waals surface area (Å²) in [6, 6.07) is 9.58. The van der Waals surface area contributed by atoms with Gasteiger partial charge in [0.05, 0.1) is 11.9 Å². The molecule has 3 nitrogen and oxygen atoms in total. The molecule has 94 valence electrons. The molecule has 1 aromatic carbocycles. The normalized spacial score (nSPS) is 27.9. The highest BCUT2D eigenvalue weighted by atomic mass is 31.2. The van der Waals surface area contributed by atoms with Crippen molar-refractivity contribution in [3.8, 4) is 0 Å². The minimum Gasteiger partial charge on any atom is -0.324 e. The fourth-order valence-electron chi connectivity index (χ4n) is 2.44. The molecule has 0 radical (unpaired) electrons. The predicted molar refractivity (Wildman–Crippen MR) is 71.0 cm³/mol. The molecule has 0 aromatic heterocycles. The van der Waals surface area contributed by atoms with Crippen LogP contribution in [0.25, 0.3) is 0 Å². The van der Waals surface area contributed by atoms with E-state index in [4.69, 9.17) is 4.52 Å². The summed E-state index contributed by atoms with van der Waals surface area (Å²) >= 11 is 0. The molecule has 4 heteroatoms. The largest absolute Gasteiger partial charge is 0.324 e. The van der Waals surface area contributed by atoms with Crippen molar-refractivity contribution in [2.45, 2.75) is 32.0 Å². The first-order valence-corrected chi connectivity index (χ1v) is 7.80. The van der Waals surface area contributed by atoms with Crippen molar-refractivity contribution in [3.63, 3.8) is 0 Å². The van der Waals surface area contributed by atoms with Gasteiger partial charge in [0.1, 0.15) is 0 Å². The summed E-state index contributed by atoms with van der Waals surface area (Å²) in [5.41, 5.74) is 0. The predicted octanol–water partition coefficient (Wildman–Crippen LogP) is 2.73. The van der Waals surface area contributed by atoms with Crippen LogP contribution in [0.3, 0.4) is 0 Å². The summed E-state index contributed by atoms with van der Waals surface area (Å²) in [5, 5.41) is 3.77. The Labute approximate surface area is 103 Å². The lowest BCUT2D eigenvalue weighted by Gasteiger charge is -2.34. The van der Waals surface area contributed by atoms with E-state index < -0.39 is 12.6 Å². The Hall–Kier alpha value is -0.630. The minimum atomic E-state index is -2.84. The second-order valence-electron chi connectivity index (χ2n) is 4.61. The van der Waals surface area contributed by atoms with Gasteiger partial charge >= 0.3 is 0 Å². The van der Waals surface area contributed by atoms with Crippen molar-refractivity contribution in [1.29, 1.82) is 0 Å². The standard InChI is InChI=1S/C13H20NO2P/c1-3-16-17(15,12-8-5-4-6-9-12)13(2)10-7-11-14-13/h4-6,8-9,14H,3,7,10-11H2,1-2H3. The second kappa shape index (κ2) is 4.93. The van der Waals surface area contributed by atoms with Gasteiger partial charge in [0.15, 0.2) is 0 Å². The molecule has 2 unspecified atom stereocenters. The Morgan fingerprint density at radius 3 is 2.65 bits per heavy atom. The molecule has 2 rings (SSSR count). The number of benzene rings is 1. The van der Waals surface area contributed by atoms with Crippen LogP contribution < -0.4 is 10.6 Å². The Morgan fingerprint density at radius 2 is 2.12 bits per heavy atom. The highest BCUT2D eigenvalue weighted by molar-refractivity contribution is 7.68. The van der Waals surface area contributed by atoms with Gasteiger partial charge in [0, 0.05) is 5.30 Å². The molecular weight excluding hydrogens is 233 g/mol. The first-order chi connectivity index (χ1) is 8.12. The minimum absolute atomic E-state index is 0.412. The quantitative estimate of drug-likeness (QED) is 0.838. The molecule has 1 aromatic rings. The molecule has 17 heavy (non-hydrogen) atoms. The van der Waals surface area contributed by atoms with Gasteiger partial charge in [0.25, 0.3) is 7.37 Å². The van der Waals surface area contributed by atoms with E-state index in [0.717, 1.165) is 24.7 Å². The van der Waals surface area contributed by atoms with Gasteiger partial charge in [0.2, 0.25) is 0 Å².